The lowest BCUT2D eigenvalue weighted by atomic mass is 9.59. The summed E-state index contributed by atoms with van der Waals surface area (Å²) in [5.74, 6) is -2.87. The Balaban J connectivity index is 1.48. The summed E-state index contributed by atoms with van der Waals surface area (Å²) in [4.78, 5) is 55.6. The van der Waals surface area contributed by atoms with Gasteiger partial charge >= 0.3 is 0 Å². The number of para-hydroxylation sites is 1. The Morgan fingerprint density at radius 1 is 0.949 bits per heavy atom. The molecule has 4 aliphatic rings. The van der Waals surface area contributed by atoms with Crippen LogP contribution in [0.5, 0.6) is 5.75 Å². The largest absolute Gasteiger partial charge is 0.491 e. The number of carbonyl (C=O) groups is 4. The molecule has 1 fully saturated rings. The number of imide groups is 1. The van der Waals surface area contributed by atoms with Gasteiger partial charge in [0.25, 0.3) is 0 Å². The molecule has 4 atom stereocenters. The molecular weight excluding hydrogens is 630 g/mol. The summed E-state index contributed by atoms with van der Waals surface area (Å²) >= 11 is 6.64. The van der Waals surface area contributed by atoms with Crippen molar-refractivity contribution in [1.82, 2.24) is 0 Å². The van der Waals surface area contributed by atoms with E-state index in [1.54, 1.807) is 36.4 Å². The van der Waals surface area contributed by atoms with Crippen LogP contribution in [-0.2, 0) is 19.2 Å². The molecule has 1 heterocycles. The van der Waals surface area contributed by atoms with Gasteiger partial charge in [-0.2, -0.15) is 0 Å². The fraction of sp³-hybridized carbons (Fsp3) is 0.267. The van der Waals surface area contributed by atoms with Crippen LogP contribution < -0.4 is 9.64 Å². The van der Waals surface area contributed by atoms with Gasteiger partial charge in [0.1, 0.15) is 12.4 Å². The van der Waals surface area contributed by atoms with Crippen molar-refractivity contribution in [2.45, 2.75) is 18.8 Å². The van der Waals surface area contributed by atoms with Crippen molar-refractivity contribution in [3.63, 3.8) is 0 Å². The van der Waals surface area contributed by atoms with E-state index in [1.807, 2.05) is 18.2 Å². The standard InChI is InChI=1S/C30H23Br2NO6/c31-15-5-7-16(8-6-15)33-29(37)19-10-9-17-20(26(19)30(33)38)13-21-27(23(35)14-22(32)28(21)36)25(17)18-3-1-2-4-24(18)39-12-11-34/h1-9,14,19-20,25-26,34H,10-13H2. The Morgan fingerprint density at radius 3 is 2.44 bits per heavy atom. The molecule has 2 aromatic carbocycles. The lowest BCUT2D eigenvalue weighted by molar-refractivity contribution is -0.123. The van der Waals surface area contributed by atoms with Crippen LogP contribution in [0.1, 0.15) is 24.3 Å². The number of aliphatic hydroxyl groups excluding tert-OH is 1. The minimum absolute atomic E-state index is 0.0658. The molecule has 3 aliphatic carbocycles. The SMILES string of the molecule is O=C1C=C(Br)C(=O)C2=C1C(c1ccccc1OCCO)C1=CCC3C(=O)N(c4ccc(Br)cc4)C(=O)C3C1C2. The normalized spacial score (nSPS) is 26.2. The Morgan fingerprint density at radius 2 is 1.69 bits per heavy atom. The highest BCUT2D eigenvalue weighted by atomic mass is 79.9. The van der Waals surface area contributed by atoms with E-state index in [-0.39, 0.29) is 47.5 Å². The number of halogens is 2. The predicted octanol–water partition coefficient (Wildman–Crippen LogP) is 4.79. The van der Waals surface area contributed by atoms with Crippen molar-refractivity contribution in [3.05, 3.63) is 91.9 Å². The van der Waals surface area contributed by atoms with Gasteiger partial charge in [-0.3, -0.25) is 24.1 Å². The second kappa shape index (κ2) is 10.1. The number of rotatable bonds is 5. The lowest BCUT2D eigenvalue weighted by Gasteiger charge is -2.42. The zero-order chi connectivity index (χ0) is 27.4. The summed E-state index contributed by atoms with van der Waals surface area (Å²) in [6.45, 7) is -0.117. The van der Waals surface area contributed by atoms with Gasteiger partial charge in [-0.25, -0.2) is 0 Å². The van der Waals surface area contributed by atoms with E-state index in [2.05, 4.69) is 31.9 Å². The van der Waals surface area contributed by atoms with Gasteiger partial charge < -0.3 is 9.84 Å². The first-order valence-corrected chi connectivity index (χ1v) is 14.3. The number of hydrogen-bond acceptors (Lipinski definition) is 6. The van der Waals surface area contributed by atoms with Gasteiger partial charge in [-0.05, 0) is 65.0 Å². The Labute approximate surface area is 241 Å². The minimum atomic E-state index is -0.657. The molecule has 1 saturated heterocycles. The summed E-state index contributed by atoms with van der Waals surface area (Å²) in [5.41, 5.74) is 2.78. The second-order valence-electron chi connectivity index (χ2n) is 9.99. The maximum absolute atomic E-state index is 13.9. The van der Waals surface area contributed by atoms with Crippen LogP contribution in [0.15, 0.2) is 86.4 Å². The molecule has 6 rings (SSSR count). The molecule has 0 saturated carbocycles. The zero-order valence-corrected chi connectivity index (χ0v) is 23.8. The smallest absolute Gasteiger partial charge is 0.238 e. The summed E-state index contributed by atoms with van der Waals surface area (Å²) in [5, 5.41) is 9.37. The first-order valence-electron chi connectivity index (χ1n) is 12.7. The van der Waals surface area contributed by atoms with Gasteiger partial charge in [-0.1, -0.05) is 45.8 Å². The Hall–Kier alpha value is -3.14. The maximum atomic E-state index is 13.9. The quantitative estimate of drug-likeness (QED) is 0.283. The molecule has 198 valence electrons. The van der Waals surface area contributed by atoms with Crippen molar-refractivity contribution in [3.8, 4) is 5.75 Å². The van der Waals surface area contributed by atoms with E-state index in [0.717, 1.165) is 10.0 Å². The van der Waals surface area contributed by atoms with Gasteiger partial charge in [0.2, 0.25) is 11.8 Å². The number of hydrogen-bond donors (Lipinski definition) is 1. The Kier molecular flexibility index (Phi) is 6.77. The van der Waals surface area contributed by atoms with Crippen molar-refractivity contribution >= 4 is 60.9 Å². The van der Waals surface area contributed by atoms with Crippen molar-refractivity contribution in [1.29, 1.82) is 0 Å². The maximum Gasteiger partial charge on any atom is 0.238 e. The number of anilines is 1. The van der Waals surface area contributed by atoms with Crippen molar-refractivity contribution < 1.29 is 29.0 Å². The monoisotopic (exact) mass is 651 g/mol. The molecule has 9 heteroatoms. The molecule has 0 aromatic heterocycles. The first kappa shape index (κ1) is 26.1. The number of amides is 2. The summed E-state index contributed by atoms with van der Waals surface area (Å²) in [7, 11) is 0. The zero-order valence-electron chi connectivity index (χ0n) is 20.6. The third-order valence-corrected chi connectivity index (χ3v) is 9.11. The van der Waals surface area contributed by atoms with Gasteiger partial charge in [0, 0.05) is 33.2 Å². The van der Waals surface area contributed by atoms with Crippen LogP contribution in [0.25, 0.3) is 0 Å². The molecule has 2 amide bonds. The van der Waals surface area contributed by atoms with Crippen LogP contribution in [0.2, 0.25) is 0 Å². The van der Waals surface area contributed by atoms with E-state index in [0.29, 0.717) is 34.6 Å². The number of nitrogens with zero attached hydrogens (tertiary/aromatic N) is 1. The molecule has 1 N–H and O–H groups in total. The highest BCUT2D eigenvalue weighted by Crippen LogP contribution is 2.56. The number of ether oxygens (including phenoxy) is 1. The van der Waals surface area contributed by atoms with Crippen LogP contribution in [-0.4, -0.2) is 41.7 Å². The number of fused-ring (bicyclic) bond motifs is 3. The number of benzene rings is 2. The number of allylic oxidation sites excluding steroid dienone is 6. The molecule has 0 radical (unpaired) electrons. The number of aliphatic hydroxyl groups is 1. The van der Waals surface area contributed by atoms with E-state index >= 15 is 0 Å². The van der Waals surface area contributed by atoms with Crippen LogP contribution in [0, 0.1) is 17.8 Å². The average Bonchev–Trinajstić information content (AvgIpc) is 3.19. The lowest BCUT2D eigenvalue weighted by Crippen LogP contribution is -2.39. The van der Waals surface area contributed by atoms with Crippen molar-refractivity contribution in [2.75, 3.05) is 18.1 Å². The molecule has 0 spiro atoms. The molecular formula is C30H23Br2NO6. The molecule has 0 bridgehead atoms. The predicted molar refractivity (Wildman–Crippen MR) is 150 cm³/mol. The van der Waals surface area contributed by atoms with E-state index < -0.39 is 23.7 Å². The molecule has 4 unspecified atom stereocenters. The number of carbonyl (C=O) groups excluding carboxylic acids is 4. The first-order chi connectivity index (χ1) is 18.8. The minimum Gasteiger partial charge on any atom is -0.491 e. The van der Waals surface area contributed by atoms with Gasteiger partial charge in [0.05, 0.1) is 28.6 Å². The van der Waals surface area contributed by atoms with E-state index in [1.165, 1.54) is 11.0 Å². The average molecular weight is 653 g/mol. The summed E-state index contributed by atoms with van der Waals surface area (Å²) < 4.78 is 6.85. The molecule has 1 aliphatic heterocycles. The summed E-state index contributed by atoms with van der Waals surface area (Å²) in [6.07, 6.45) is 3.83. The van der Waals surface area contributed by atoms with Crippen molar-refractivity contribution in [2.24, 2.45) is 17.8 Å². The number of Topliss-reactive ketones (excluding diaryl/α,β-unsaturated/α-hetero) is 1. The van der Waals surface area contributed by atoms with Crippen LogP contribution in [0.4, 0.5) is 5.69 Å². The summed E-state index contributed by atoms with van der Waals surface area (Å²) in [6, 6.07) is 14.3. The molecule has 39 heavy (non-hydrogen) atoms. The molecule has 2 aromatic rings. The molecule has 7 nitrogen and oxygen atoms in total. The fourth-order valence-electron chi connectivity index (χ4n) is 6.41. The second-order valence-corrected chi connectivity index (χ2v) is 11.8. The van der Waals surface area contributed by atoms with E-state index in [9.17, 15) is 24.3 Å². The fourth-order valence-corrected chi connectivity index (χ4v) is 7.12. The van der Waals surface area contributed by atoms with Crippen LogP contribution >= 0.6 is 31.9 Å². The highest BCUT2D eigenvalue weighted by Gasteiger charge is 2.56. The third-order valence-electron chi connectivity index (χ3n) is 7.99. The van der Waals surface area contributed by atoms with Gasteiger partial charge in [-0.15, -0.1) is 0 Å². The van der Waals surface area contributed by atoms with E-state index in [4.69, 9.17) is 4.74 Å². The number of ketones is 2. The Bertz CT molecular complexity index is 1520. The third kappa shape index (κ3) is 4.18. The van der Waals surface area contributed by atoms with Gasteiger partial charge in [0.15, 0.2) is 11.6 Å². The van der Waals surface area contributed by atoms with Crippen LogP contribution in [0.3, 0.4) is 0 Å². The topological polar surface area (TPSA) is 101 Å². The highest BCUT2D eigenvalue weighted by molar-refractivity contribution is 9.12.